The Morgan fingerprint density at radius 1 is 1.38 bits per heavy atom. The molecule has 1 unspecified atom stereocenters. The Kier molecular flexibility index (Phi) is 4.72. The molecule has 2 heterocycles. The van der Waals surface area contributed by atoms with Crippen LogP contribution in [0.25, 0.3) is 0 Å². The fourth-order valence-corrected chi connectivity index (χ4v) is 4.71. The van der Waals surface area contributed by atoms with E-state index in [-0.39, 0.29) is 17.5 Å². The van der Waals surface area contributed by atoms with Crippen molar-refractivity contribution in [3.8, 4) is 0 Å². The summed E-state index contributed by atoms with van der Waals surface area (Å²) in [6, 6.07) is 0.257. The molecule has 1 saturated heterocycles. The Morgan fingerprint density at radius 2 is 2.05 bits per heavy atom. The molecular weight excluding hydrogens is 292 g/mol. The van der Waals surface area contributed by atoms with Crippen LogP contribution >= 0.6 is 0 Å². The first kappa shape index (κ1) is 16.4. The lowest BCUT2D eigenvalue weighted by molar-refractivity contribution is 0.267. The minimum Gasteiger partial charge on any atom is -0.394 e. The largest absolute Gasteiger partial charge is 0.394 e. The molecule has 7 nitrogen and oxygen atoms in total. The van der Waals surface area contributed by atoms with Gasteiger partial charge in [-0.2, -0.15) is 9.40 Å². The van der Waals surface area contributed by atoms with E-state index in [0.29, 0.717) is 31.0 Å². The molecule has 21 heavy (non-hydrogen) atoms. The van der Waals surface area contributed by atoms with Crippen LogP contribution in [0.4, 0.5) is 0 Å². The third kappa shape index (κ3) is 2.98. The van der Waals surface area contributed by atoms with Gasteiger partial charge in [0.05, 0.1) is 24.5 Å². The first-order valence-corrected chi connectivity index (χ1v) is 8.54. The van der Waals surface area contributed by atoms with Crippen molar-refractivity contribution in [3.05, 3.63) is 11.4 Å². The third-order valence-electron chi connectivity index (χ3n) is 4.08. The number of aliphatic hydroxyl groups is 1. The smallest absolute Gasteiger partial charge is 0.246 e. The number of rotatable bonds is 5. The van der Waals surface area contributed by atoms with Gasteiger partial charge >= 0.3 is 0 Å². The summed E-state index contributed by atoms with van der Waals surface area (Å²) < 4.78 is 28.8. The summed E-state index contributed by atoms with van der Waals surface area (Å²) >= 11 is 0. The molecule has 1 N–H and O–H groups in total. The van der Waals surface area contributed by atoms with Gasteiger partial charge in [-0.3, -0.25) is 4.68 Å². The molecule has 1 aliphatic rings. The second-order valence-electron chi connectivity index (χ2n) is 5.72. The van der Waals surface area contributed by atoms with Crippen molar-refractivity contribution in [2.24, 2.45) is 0 Å². The molecule has 120 valence electrons. The van der Waals surface area contributed by atoms with Crippen LogP contribution in [0.1, 0.15) is 17.8 Å². The fourth-order valence-electron chi connectivity index (χ4n) is 2.85. The monoisotopic (exact) mass is 316 g/mol. The van der Waals surface area contributed by atoms with E-state index >= 15 is 0 Å². The van der Waals surface area contributed by atoms with Crippen molar-refractivity contribution in [3.63, 3.8) is 0 Å². The second-order valence-corrected chi connectivity index (χ2v) is 7.59. The van der Waals surface area contributed by atoms with Crippen molar-refractivity contribution in [1.82, 2.24) is 19.0 Å². The van der Waals surface area contributed by atoms with E-state index in [1.165, 1.54) is 4.31 Å². The van der Waals surface area contributed by atoms with Gasteiger partial charge in [0.1, 0.15) is 4.90 Å². The van der Waals surface area contributed by atoms with Crippen LogP contribution in [-0.4, -0.2) is 72.3 Å². The standard InChI is InChI=1S/C13H24N4O3S/c1-10-13(11(2)17(14-10)7-8-18)21(19,20)16-6-5-12(9-16)15(3)4/h12,18H,5-9H2,1-4H3. The number of nitrogens with zero attached hydrogens (tertiary/aromatic N) is 4. The molecule has 1 aromatic rings. The van der Waals surface area contributed by atoms with Crippen LogP contribution in [0.5, 0.6) is 0 Å². The van der Waals surface area contributed by atoms with Gasteiger partial charge in [-0.1, -0.05) is 0 Å². The molecule has 1 fully saturated rings. The van der Waals surface area contributed by atoms with Gasteiger partial charge < -0.3 is 10.0 Å². The maximum atomic E-state index is 12.9. The van der Waals surface area contributed by atoms with Crippen LogP contribution in [0.3, 0.4) is 0 Å². The number of aromatic nitrogens is 2. The first-order chi connectivity index (χ1) is 9.78. The van der Waals surface area contributed by atoms with Gasteiger partial charge in [0, 0.05) is 19.1 Å². The fraction of sp³-hybridized carbons (Fsp3) is 0.769. The summed E-state index contributed by atoms with van der Waals surface area (Å²) in [6.45, 7) is 4.74. The molecule has 1 aromatic heterocycles. The molecule has 1 atom stereocenters. The van der Waals surface area contributed by atoms with Gasteiger partial charge in [0.2, 0.25) is 10.0 Å². The number of hydrogen-bond donors (Lipinski definition) is 1. The molecule has 0 saturated carbocycles. The SMILES string of the molecule is Cc1nn(CCO)c(C)c1S(=O)(=O)N1CCC(N(C)C)C1. The summed E-state index contributed by atoms with van der Waals surface area (Å²) in [5, 5.41) is 13.3. The van der Waals surface area contributed by atoms with Crippen molar-refractivity contribution in [2.45, 2.75) is 37.8 Å². The quantitative estimate of drug-likeness (QED) is 0.815. The maximum Gasteiger partial charge on any atom is 0.246 e. The first-order valence-electron chi connectivity index (χ1n) is 7.10. The summed E-state index contributed by atoms with van der Waals surface area (Å²) in [4.78, 5) is 2.35. The molecule has 0 bridgehead atoms. The van der Waals surface area contributed by atoms with E-state index in [9.17, 15) is 8.42 Å². The van der Waals surface area contributed by atoms with Gasteiger partial charge in [0.15, 0.2) is 0 Å². The Hall–Kier alpha value is -0.960. The lowest BCUT2D eigenvalue weighted by Crippen LogP contribution is -2.34. The lowest BCUT2D eigenvalue weighted by Gasteiger charge is -2.20. The van der Waals surface area contributed by atoms with E-state index in [2.05, 4.69) is 10.00 Å². The summed E-state index contributed by atoms with van der Waals surface area (Å²) in [5.74, 6) is 0. The number of likely N-dealkylation sites (N-methyl/N-ethyl adjacent to an activating group) is 1. The van der Waals surface area contributed by atoms with Gasteiger partial charge in [-0.15, -0.1) is 0 Å². The Bertz CT molecular complexity index is 609. The van der Waals surface area contributed by atoms with Crippen LogP contribution in [0.15, 0.2) is 4.90 Å². The molecular formula is C13H24N4O3S. The summed E-state index contributed by atoms with van der Waals surface area (Å²) in [6.07, 6.45) is 0.842. The maximum absolute atomic E-state index is 12.9. The highest BCUT2D eigenvalue weighted by Gasteiger charge is 2.36. The zero-order valence-corrected chi connectivity index (χ0v) is 13.9. The summed E-state index contributed by atoms with van der Waals surface area (Å²) in [5.41, 5.74) is 1.09. The van der Waals surface area contributed by atoms with E-state index < -0.39 is 10.0 Å². The zero-order chi connectivity index (χ0) is 15.8. The van der Waals surface area contributed by atoms with Crippen molar-refractivity contribution >= 4 is 10.0 Å². The molecule has 2 rings (SSSR count). The number of aliphatic hydroxyl groups excluding tert-OH is 1. The molecule has 8 heteroatoms. The van der Waals surface area contributed by atoms with Gasteiger partial charge in [-0.05, 0) is 34.4 Å². The molecule has 0 amide bonds. The topological polar surface area (TPSA) is 78.7 Å². The van der Waals surface area contributed by atoms with E-state index in [4.69, 9.17) is 5.11 Å². The lowest BCUT2D eigenvalue weighted by atomic mass is 10.2. The third-order valence-corrected chi connectivity index (χ3v) is 6.20. The zero-order valence-electron chi connectivity index (χ0n) is 13.1. The van der Waals surface area contributed by atoms with Crippen LogP contribution in [0.2, 0.25) is 0 Å². The van der Waals surface area contributed by atoms with Crippen molar-refractivity contribution in [2.75, 3.05) is 33.8 Å². The van der Waals surface area contributed by atoms with E-state index in [1.807, 2.05) is 14.1 Å². The number of aryl methyl sites for hydroxylation is 1. The average Bonchev–Trinajstić information content (AvgIpc) is 2.96. The Morgan fingerprint density at radius 3 is 2.57 bits per heavy atom. The average molecular weight is 316 g/mol. The van der Waals surface area contributed by atoms with Crippen LogP contribution in [-0.2, 0) is 16.6 Å². The predicted octanol–water partition coefficient (Wildman–Crippen LogP) is -0.183. The van der Waals surface area contributed by atoms with Gasteiger partial charge in [0.25, 0.3) is 0 Å². The second kappa shape index (κ2) is 6.04. The van der Waals surface area contributed by atoms with E-state index in [0.717, 1.165) is 6.42 Å². The molecule has 0 aromatic carbocycles. The highest BCUT2D eigenvalue weighted by molar-refractivity contribution is 7.89. The van der Waals surface area contributed by atoms with Crippen molar-refractivity contribution in [1.29, 1.82) is 0 Å². The minimum absolute atomic E-state index is 0.0616. The highest BCUT2D eigenvalue weighted by Crippen LogP contribution is 2.27. The minimum atomic E-state index is -3.52. The van der Waals surface area contributed by atoms with Crippen molar-refractivity contribution < 1.29 is 13.5 Å². The Labute approximate surface area is 126 Å². The van der Waals surface area contributed by atoms with Gasteiger partial charge in [-0.25, -0.2) is 8.42 Å². The molecule has 1 aliphatic heterocycles. The normalized spacial score (nSPS) is 20.6. The summed E-state index contributed by atoms with van der Waals surface area (Å²) in [7, 11) is 0.415. The number of hydrogen-bond acceptors (Lipinski definition) is 5. The Balaban J connectivity index is 2.33. The predicted molar refractivity (Wildman–Crippen MR) is 79.6 cm³/mol. The molecule has 0 radical (unpaired) electrons. The van der Waals surface area contributed by atoms with Crippen LogP contribution < -0.4 is 0 Å². The van der Waals surface area contributed by atoms with Crippen LogP contribution in [0, 0.1) is 13.8 Å². The van der Waals surface area contributed by atoms with E-state index in [1.54, 1.807) is 18.5 Å². The number of sulfonamides is 1. The highest BCUT2D eigenvalue weighted by atomic mass is 32.2. The molecule has 0 aliphatic carbocycles. The molecule has 0 spiro atoms.